The van der Waals surface area contributed by atoms with Crippen molar-refractivity contribution in [1.29, 1.82) is 10.5 Å². The van der Waals surface area contributed by atoms with Crippen molar-refractivity contribution >= 4 is 35.8 Å². The molecule has 0 saturated heterocycles. The second-order valence-electron chi connectivity index (χ2n) is 12.8. The Kier molecular flexibility index (Phi) is 12.7. The van der Waals surface area contributed by atoms with E-state index in [0.717, 1.165) is 44.5 Å². The van der Waals surface area contributed by atoms with E-state index >= 15 is 0 Å². The Bertz CT molecular complexity index is 2350. The van der Waals surface area contributed by atoms with Gasteiger partial charge in [0.25, 0.3) is 0 Å². The molecule has 6 aromatic carbocycles. The molecule has 0 bridgehead atoms. The van der Waals surface area contributed by atoms with Crippen molar-refractivity contribution in [3.05, 3.63) is 175 Å². The van der Waals surface area contributed by atoms with Gasteiger partial charge in [-0.2, -0.15) is 10.5 Å². The molecular weight excluding hydrogens is 747 g/mol. The van der Waals surface area contributed by atoms with Gasteiger partial charge < -0.3 is 18.9 Å². The highest BCUT2D eigenvalue weighted by Gasteiger charge is 2.16. The van der Waals surface area contributed by atoms with Crippen LogP contribution in [-0.2, 0) is 26.4 Å². The standard InChI is InChI=1S/C46H34Cl2N2O6/c1-29-35(27-55-45-19-43(37(23-51)17-41(45)47)53-25-33-9-3-7-31(15-33)21-49)11-5-13-39(29)40-14-6-12-36(30(40)2)28-56-46-20-44(38(24-52)18-42(46)48)54-26-34-10-4-8-32(16-34)22-50/h3-20,23-24H,25-28H2,1-2H3. The van der Waals surface area contributed by atoms with Crippen LogP contribution < -0.4 is 18.9 Å². The zero-order chi connectivity index (χ0) is 39.6. The van der Waals surface area contributed by atoms with Gasteiger partial charge in [-0.05, 0) is 94.8 Å². The van der Waals surface area contributed by atoms with E-state index in [0.29, 0.717) is 46.7 Å². The van der Waals surface area contributed by atoms with E-state index in [-0.39, 0.29) is 47.6 Å². The zero-order valence-corrected chi connectivity index (χ0v) is 32.0. The summed E-state index contributed by atoms with van der Waals surface area (Å²) >= 11 is 13.1. The first kappa shape index (κ1) is 39.1. The molecule has 10 heteroatoms. The summed E-state index contributed by atoms with van der Waals surface area (Å²) in [7, 11) is 0. The molecule has 6 aromatic rings. The van der Waals surface area contributed by atoms with Crippen LogP contribution in [0.25, 0.3) is 11.1 Å². The third-order valence-corrected chi connectivity index (χ3v) is 9.82. The summed E-state index contributed by atoms with van der Waals surface area (Å²) in [5.74, 6) is 1.35. The molecule has 8 nitrogen and oxygen atoms in total. The van der Waals surface area contributed by atoms with E-state index in [1.807, 2.05) is 50.2 Å². The third kappa shape index (κ3) is 9.19. The summed E-state index contributed by atoms with van der Waals surface area (Å²) in [5.41, 5.74) is 9.08. The molecule has 0 saturated carbocycles. The van der Waals surface area contributed by atoms with Gasteiger partial charge >= 0.3 is 0 Å². The van der Waals surface area contributed by atoms with Crippen LogP contribution in [0.3, 0.4) is 0 Å². The first-order chi connectivity index (χ1) is 27.2. The normalized spacial score (nSPS) is 10.5. The summed E-state index contributed by atoms with van der Waals surface area (Å²) in [6.45, 7) is 4.77. The van der Waals surface area contributed by atoms with E-state index in [1.54, 1.807) is 48.5 Å². The van der Waals surface area contributed by atoms with Gasteiger partial charge in [-0.1, -0.05) is 83.9 Å². The predicted octanol–water partition coefficient (Wildman–Crippen LogP) is 11.0. The van der Waals surface area contributed by atoms with Crippen LogP contribution in [-0.4, -0.2) is 12.6 Å². The lowest BCUT2D eigenvalue weighted by atomic mass is 9.92. The van der Waals surface area contributed by atoms with E-state index in [4.69, 9.17) is 42.1 Å². The number of rotatable bonds is 15. The topological polar surface area (TPSA) is 119 Å². The van der Waals surface area contributed by atoms with Gasteiger partial charge in [-0.3, -0.25) is 9.59 Å². The van der Waals surface area contributed by atoms with Gasteiger partial charge in [0, 0.05) is 12.1 Å². The lowest BCUT2D eigenvalue weighted by molar-refractivity contribution is 0.111. The molecule has 0 amide bonds. The molecule has 0 aromatic heterocycles. The van der Waals surface area contributed by atoms with E-state index in [9.17, 15) is 20.1 Å². The highest BCUT2D eigenvalue weighted by molar-refractivity contribution is 6.32. The minimum atomic E-state index is 0.150. The molecule has 0 radical (unpaired) electrons. The number of nitriles is 2. The molecule has 0 atom stereocenters. The monoisotopic (exact) mass is 780 g/mol. The number of ether oxygens (including phenoxy) is 4. The Morgan fingerprint density at radius 2 is 0.911 bits per heavy atom. The van der Waals surface area contributed by atoms with Crippen LogP contribution in [0, 0.1) is 36.5 Å². The number of carbonyl (C=O) groups is 2. The van der Waals surface area contributed by atoms with Gasteiger partial charge in [0.1, 0.15) is 49.4 Å². The van der Waals surface area contributed by atoms with Crippen LogP contribution in [0.2, 0.25) is 10.0 Å². The third-order valence-electron chi connectivity index (χ3n) is 9.23. The van der Waals surface area contributed by atoms with E-state index in [2.05, 4.69) is 24.3 Å². The van der Waals surface area contributed by atoms with Crippen molar-refractivity contribution in [2.45, 2.75) is 40.3 Å². The summed E-state index contributed by atoms with van der Waals surface area (Å²) in [6, 6.07) is 36.6. The van der Waals surface area contributed by atoms with Crippen LogP contribution >= 0.6 is 23.2 Å². The fourth-order valence-electron chi connectivity index (χ4n) is 6.11. The lowest BCUT2D eigenvalue weighted by Crippen LogP contribution is -2.04. The highest BCUT2D eigenvalue weighted by atomic mass is 35.5. The Morgan fingerprint density at radius 3 is 1.30 bits per heavy atom. The minimum Gasteiger partial charge on any atom is -0.488 e. The average Bonchev–Trinajstić information content (AvgIpc) is 3.22. The van der Waals surface area contributed by atoms with Crippen molar-refractivity contribution in [2.24, 2.45) is 0 Å². The summed E-state index contributed by atoms with van der Waals surface area (Å²) in [4.78, 5) is 23.7. The molecule has 56 heavy (non-hydrogen) atoms. The minimum absolute atomic E-state index is 0.150. The predicted molar refractivity (Wildman–Crippen MR) is 215 cm³/mol. The largest absolute Gasteiger partial charge is 0.488 e. The van der Waals surface area contributed by atoms with Crippen molar-refractivity contribution in [2.75, 3.05) is 0 Å². The lowest BCUT2D eigenvalue weighted by Gasteiger charge is -2.18. The van der Waals surface area contributed by atoms with Crippen molar-refractivity contribution in [3.63, 3.8) is 0 Å². The number of carbonyl (C=O) groups excluding carboxylic acids is 2. The molecule has 0 N–H and O–H groups in total. The van der Waals surface area contributed by atoms with Gasteiger partial charge in [-0.15, -0.1) is 0 Å². The number of aldehydes is 2. The van der Waals surface area contributed by atoms with Crippen molar-refractivity contribution in [3.8, 4) is 46.3 Å². The Morgan fingerprint density at radius 1 is 0.518 bits per heavy atom. The maximum Gasteiger partial charge on any atom is 0.153 e. The van der Waals surface area contributed by atoms with Crippen LogP contribution in [0.4, 0.5) is 0 Å². The van der Waals surface area contributed by atoms with Crippen molar-refractivity contribution < 1.29 is 28.5 Å². The quantitative estimate of drug-likeness (QED) is 0.0945. The van der Waals surface area contributed by atoms with Gasteiger partial charge in [-0.25, -0.2) is 0 Å². The molecular formula is C46H34Cl2N2O6. The van der Waals surface area contributed by atoms with Crippen LogP contribution in [0.5, 0.6) is 23.0 Å². The molecule has 0 unspecified atom stereocenters. The molecule has 0 heterocycles. The first-order valence-corrected chi connectivity index (χ1v) is 18.2. The number of benzene rings is 6. The second-order valence-corrected chi connectivity index (χ2v) is 13.6. The number of hydrogen-bond donors (Lipinski definition) is 0. The number of hydrogen-bond acceptors (Lipinski definition) is 8. The number of nitrogens with zero attached hydrogens (tertiary/aromatic N) is 2. The number of halogens is 2. The maximum atomic E-state index is 11.8. The van der Waals surface area contributed by atoms with Gasteiger partial charge in [0.15, 0.2) is 12.6 Å². The summed E-state index contributed by atoms with van der Waals surface area (Å²) < 4.78 is 24.3. The smallest absolute Gasteiger partial charge is 0.153 e. The Balaban J connectivity index is 1.16. The molecule has 0 fully saturated rings. The molecule has 0 aliphatic heterocycles. The highest BCUT2D eigenvalue weighted by Crippen LogP contribution is 2.37. The van der Waals surface area contributed by atoms with Crippen molar-refractivity contribution in [1.82, 2.24) is 0 Å². The molecule has 6 rings (SSSR count). The van der Waals surface area contributed by atoms with E-state index < -0.39 is 0 Å². The fraction of sp³-hybridized carbons (Fsp3) is 0.130. The molecule has 0 spiro atoms. The maximum absolute atomic E-state index is 11.8. The van der Waals surface area contributed by atoms with Gasteiger partial charge in [0.2, 0.25) is 0 Å². The zero-order valence-electron chi connectivity index (χ0n) is 30.5. The fourth-order valence-corrected chi connectivity index (χ4v) is 6.57. The SMILES string of the molecule is Cc1c(COc2cc(OCc3cccc(C#N)c3)c(C=O)cc2Cl)cccc1-c1cccc(COc2cc(OCc3cccc(C#N)c3)c(C=O)cc2Cl)c1C. The summed E-state index contributed by atoms with van der Waals surface area (Å²) in [5, 5.41) is 19.0. The Hall–Kier alpha value is -6.58. The van der Waals surface area contributed by atoms with Gasteiger partial charge in [0.05, 0.1) is 44.4 Å². The van der Waals surface area contributed by atoms with Crippen LogP contribution in [0.15, 0.2) is 109 Å². The van der Waals surface area contributed by atoms with Crippen LogP contribution in [0.1, 0.15) is 65.2 Å². The van der Waals surface area contributed by atoms with E-state index in [1.165, 1.54) is 12.1 Å². The average molecular weight is 782 g/mol. The second kappa shape index (κ2) is 18.2. The summed E-state index contributed by atoms with van der Waals surface area (Å²) in [6.07, 6.45) is 1.35. The first-order valence-electron chi connectivity index (χ1n) is 17.4. The molecule has 278 valence electrons. The Labute approximate surface area is 335 Å². The molecule has 0 aliphatic rings. The molecule has 0 aliphatic carbocycles.